The molecule has 1 aromatic carbocycles. The molecular formula is C13H12N2O6. The third kappa shape index (κ3) is 6.01. The van der Waals surface area contributed by atoms with Gasteiger partial charge >= 0.3 is 11.9 Å². The minimum absolute atomic E-state index is 0.232. The molecule has 0 saturated heterocycles. The van der Waals surface area contributed by atoms with E-state index in [4.69, 9.17) is 10.2 Å². The molecule has 0 heterocycles. The van der Waals surface area contributed by atoms with Crippen molar-refractivity contribution in [2.45, 2.75) is 0 Å². The van der Waals surface area contributed by atoms with Crippen molar-refractivity contribution in [2.24, 2.45) is 0 Å². The number of carboxylic acid groups (broad SMARTS) is 2. The van der Waals surface area contributed by atoms with E-state index in [1.54, 1.807) is 0 Å². The Bertz CT molecular complexity index is 591. The average molecular weight is 292 g/mol. The van der Waals surface area contributed by atoms with E-state index in [2.05, 4.69) is 10.6 Å². The van der Waals surface area contributed by atoms with E-state index >= 15 is 0 Å². The maximum atomic E-state index is 11.5. The molecule has 0 fully saturated rings. The van der Waals surface area contributed by atoms with Gasteiger partial charge in [-0.25, -0.2) is 4.79 Å². The van der Waals surface area contributed by atoms with Gasteiger partial charge in [0.25, 0.3) is 5.91 Å². The smallest absolute Gasteiger partial charge is 0.328 e. The molecule has 0 aliphatic heterocycles. The maximum Gasteiger partial charge on any atom is 0.328 e. The Labute approximate surface area is 119 Å². The Morgan fingerprint density at radius 2 is 1.62 bits per heavy atom. The molecule has 1 rings (SSSR count). The number of carbonyl (C=O) groups excluding carboxylic acids is 2. The van der Waals surface area contributed by atoms with Crippen LogP contribution in [0, 0.1) is 0 Å². The van der Waals surface area contributed by atoms with Crippen molar-refractivity contribution in [3.05, 3.63) is 42.0 Å². The lowest BCUT2D eigenvalue weighted by atomic mass is 10.2. The molecule has 0 spiro atoms. The van der Waals surface area contributed by atoms with E-state index in [0.29, 0.717) is 11.8 Å². The second kappa shape index (κ2) is 7.43. The van der Waals surface area contributed by atoms with Crippen molar-refractivity contribution >= 4 is 29.4 Å². The molecule has 0 aliphatic rings. The number of aliphatic carboxylic acids is 2. The van der Waals surface area contributed by atoms with Crippen LogP contribution in [0.5, 0.6) is 0 Å². The van der Waals surface area contributed by atoms with Gasteiger partial charge in [-0.1, -0.05) is 0 Å². The molecule has 0 aromatic heterocycles. The summed E-state index contributed by atoms with van der Waals surface area (Å²) in [5, 5.41) is 21.4. The first kappa shape index (κ1) is 15.9. The highest BCUT2D eigenvalue weighted by atomic mass is 16.4. The molecule has 4 N–H and O–H groups in total. The molecule has 0 aliphatic carbocycles. The number of rotatable bonds is 6. The molecule has 2 amide bonds. The fourth-order valence-electron chi connectivity index (χ4n) is 1.29. The monoisotopic (exact) mass is 292 g/mol. The summed E-state index contributed by atoms with van der Waals surface area (Å²) in [4.78, 5) is 43.4. The summed E-state index contributed by atoms with van der Waals surface area (Å²) in [6, 6.07) is 5.66. The summed E-state index contributed by atoms with van der Waals surface area (Å²) in [6.45, 7) is -0.489. The molecular weight excluding hydrogens is 280 g/mol. The van der Waals surface area contributed by atoms with Crippen LogP contribution in [0.3, 0.4) is 0 Å². The number of benzene rings is 1. The fourth-order valence-corrected chi connectivity index (χ4v) is 1.29. The Morgan fingerprint density at radius 3 is 2.14 bits per heavy atom. The first-order valence-corrected chi connectivity index (χ1v) is 5.70. The van der Waals surface area contributed by atoms with Gasteiger partial charge in [0.05, 0.1) is 0 Å². The van der Waals surface area contributed by atoms with Crippen molar-refractivity contribution in [1.29, 1.82) is 0 Å². The lowest BCUT2D eigenvalue weighted by molar-refractivity contribution is -0.136. The Hall–Kier alpha value is -3.16. The van der Waals surface area contributed by atoms with E-state index in [-0.39, 0.29) is 5.56 Å². The Morgan fingerprint density at radius 1 is 1.00 bits per heavy atom. The highest BCUT2D eigenvalue weighted by Gasteiger charge is 2.07. The zero-order valence-electron chi connectivity index (χ0n) is 10.7. The Balaban J connectivity index is 2.61. The summed E-state index contributed by atoms with van der Waals surface area (Å²) in [7, 11) is 0. The third-order valence-electron chi connectivity index (χ3n) is 2.19. The second-order valence-corrected chi connectivity index (χ2v) is 3.81. The van der Waals surface area contributed by atoms with Gasteiger partial charge < -0.3 is 20.8 Å². The molecule has 8 heteroatoms. The van der Waals surface area contributed by atoms with Gasteiger partial charge in [0.2, 0.25) is 5.91 Å². The predicted molar refractivity (Wildman–Crippen MR) is 71.8 cm³/mol. The van der Waals surface area contributed by atoms with Gasteiger partial charge in [0.15, 0.2) is 0 Å². The summed E-state index contributed by atoms with van der Waals surface area (Å²) >= 11 is 0. The summed E-state index contributed by atoms with van der Waals surface area (Å²) in [6.07, 6.45) is 1.55. The number of hydrogen-bond acceptors (Lipinski definition) is 4. The molecule has 0 radical (unpaired) electrons. The van der Waals surface area contributed by atoms with Crippen LogP contribution in [0.2, 0.25) is 0 Å². The molecule has 8 nitrogen and oxygen atoms in total. The summed E-state index contributed by atoms with van der Waals surface area (Å²) in [5.41, 5.74) is 0.597. The van der Waals surface area contributed by atoms with E-state index in [1.165, 1.54) is 24.3 Å². The lowest BCUT2D eigenvalue weighted by Crippen LogP contribution is -2.29. The molecule has 1 aromatic rings. The largest absolute Gasteiger partial charge is 0.480 e. The van der Waals surface area contributed by atoms with Gasteiger partial charge in [-0.3, -0.25) is 14.4 Å². The lowest BCUT2D eigenvalue weighted by Gasteiger charge is -2.05. The number of amides is 2. The normalized spacial score (nSPS) is 10.1. The zero-order chi connectivity index (χ0) is 15.8. The van der Waals surface area contributed by atoms with Crippen LogP contribution in [0.1, 0.15) is 10.4 Å². The summed E-state index contributed by atoms with van der Waals surface area (Å²) in [5.74, 6) is -3.57. The number of carbonyl (C=O) groups is 4. The van der Waals surface area contributed by atoms with Crippen molar-refractivity contribution < 1.29 is 29.4 Å². The van der Waals surface area contributed by atoms with Crippen molar-refractivity contribution in [3.63, 3.8) is 0 Å². The molecule has 110 valence electrons. The van der Waals surface area contributed by atoms with Crippen molar-refractivity contribution in [2.75, 3.05) is 11.9 Å². The minimum atomic E-state index is -1.24. The zero-order valence-corrected chi connectivity index (χ0v) is 10.7. The quantitative estimate of drug-likeness (QED) is 0.549. The highest BCUT2D eigenvalue weighted by Crippen LogP contribution is 2.09. The van der Waals surface area contributed by atoms with E-state index in [1.807, 2.05) is 0 Å². The number of carboxylic acids is 2. The van der Waals surface area contributed by atoms with Crippen LogP contribution in [0.15, 0.2) is 36.4 Å². The van der Waals surface area contributed by atoms with Crippen LogP contribution in [0.25, 0.3) is 0 Å². The summed E-state index contributed by atoms with van der Waals surface area (Å²) < 4.78 is 0. The van der Waals surface area contributed by atoms with Gasteiger partial charge in [0.1, 0.15) is 6.54 Å². The van der Waals surface area contributed by atoms with Crippen molar-refractivity contribution in [3.8, 4) is 0 Å². The molecule has 0 atom stereocenters. The molecule has 0 unspecified atom stereocenters. The average Bonchev–Trinajstić information content (AvgIpc) is 2.43. The van der Waals surface area contributed by atoms with Gasteiger partial charge in [-0.15, -0.1) is 0 Å². The number of nitrogens with one attached hydrogen (secondary N) is 2. The second-order valence-electron chi connectivity index (χ2n) is 3.81. The van der Waals surface area contributed by atoms with Gasteiger partial charge in [0, 0.05) is 23.4 Å². The first-order chi connectivity index (χ1) is 9.88. The standard InChI is InChI=1S/C13H12N2O6/c16-10(5-6-11(17)18)15-9-3-1-8(2-4-9)13(21)14-7-12(19)20/h1-6H,7H2,(H,14,21)(H,15,16)(H,17,18)(H,19,20)/b6-5-. The van der Waals surface area contributed by atoms with Crippen molar-refractivity contribution in [1.82, 2.24) is 5.32 Å². The molecule has 21 heavy (non-hydrogen) atoms. The minimum Gasteiger partial charge on any atom is -0.480 e. The van der Waals surface area contributed by atoms with Gasteiger partial charge in [-0.2, -0.15) is 0 Å². The SMILES string of the molecule is O=C(O)/C=C\C(=O)Nc1ccc(C(=O)NCC(=O)O)cc1. The Kier molecular flexibility index (Phi) is 5.63. The maximum absolute atomic E-state index is 11.5. The highest BCUT2D eigenvalue weighted by molar-refractivity contribution is 6.02. The van der Waals surface area contributed by atoms with Crippen LogP contribution in [-0.2, 0) is 14.4 Å². The first-order valence-electron chi connectivity index (χ1n) is 5.70. The third-order valence-corrected chi connectivity index (χ3v) is 2.19. The topological polar surface area (TPSA) is 133 Å². The van der Waals surface area contributed by atoms with Crippen LogP contribution in [-0.4, -0.2) is 40.5 Å². The van der Waals surface area contributed by atoms with E-state index in [0.717, 1.165) is 6.08 Å². The molecule has 0 saturated carbocycles. The number of anilines is 1. The molecule has 0 bridgehead atoms. The van der Waals surface area contributed by atoms with Gasteiger partial charge in [-0.05, 0) is 24.3 Å². The predicted octanol–water partition coefficient (Wildman–Crippen LogP) is 0.0803. The van der Waals surface area contributed by atoms with Crippen LogP contribution >= 0.6 is 0 Å². The number of hydrogen-bond donors (Lipinski definition) is 4. The van der Waals surface area contributed by atoms with Crippen LogP contribution in [0.4, 0.5) is 5.69 Å². The van der Waals surface area contributed by atoms with E-state index < -0.39 is 30.3 Å². The van der Waals surface area contributed by atoms with Crippen LogP contribution < -0.4 is 10.6 Å². The van der Waals surface area contributed by atoms with E-state index in [9.17, 15) is 19.2 Å². The fraction of sp³-hybridized carbons (Fsp3) is 0.0769.